The SMILES string of the molecule is CCCCOc1ccccc1[C@H]1NC(=O)NC(C)=C1C(=O)OCCSC. The second-order valence-electron chi connectivity index (χ2n) is 5.94. The van der Waals surface area contributed by atoms with E-state index in [1.54, 1.807) is 18.7 Å². The van der Waals surface area contributed by atoms with Gasteiger partial charge in [0.25, 0.3) is 0 Å². The highest BCUT2D eigenvalue weighted by atomic mass is 32.2. The number of esters is 1. The fourth-order valence-electron chi connectivity index (χ4n) is 2.67. The molecule has 0 radical (unpaired) electrons. The van der Waals surface area contributed by atoms with E-state index in [9.17, 15) is 9.59 Å². The van der Waals surface area contributed by atoms with E-state index in [0.717, 1.165) is 24.2 Å². The van der Waals surface area contributed by atoms with Crippen LogP contribution in [-0.4, -0.2) is 37.2 Å². The molecule has 0 unspecified atom stereocenters. The molecular formula is C19H26N2O4S. The van der Waals surface area contributed by atoms with Crippen molar-refractivity contribution in [1.29, 1.82) is 0 Å². The van der Waals surface area contributed by atoms with Gasteiger partial charge in [0.05, 0.1) is 18.2 Å². The quantitative estimate of drug-likeness (QED) is 0.509. The molecule has 2 N–H and O–H groups in total. The number of amides is 2. The van der Waals surface area contributed by atoms with Crippen LogP contribution < -0.4 is 15.4 Å². The minimum atomic E-state index is -0.608. The Labute approximate surface area is 158 Å². The third-order valence-corrected chi connectivity index (χ3v) is 4.57. The van der Waals surface area contributed by atoms with Crippen molar-refractivity contribution in [2.75, 3.05) is 25.2 Å². The van der Waals surface area contributed by atoms with Gasteiger partial charge in [0.1, 0.15) is 12.4 Å². The lowest BCUT2D eigenvalue weighted by Gasteiger charge is -2.29. The molecule has 1 atom stereocenters. The van der Waals surface area contributed by atoms with Crippen molar-refractivity contribution in [2.24, 2.45) is 0 Å². The summed E-state index contributed by atoms with van der Waals surface area (Å²) in [6.07, 6.45) is 3.91. The van der Waals surface area contributed by atoms with Crippen molar-refractivity contribution in [1.82, 2.24) is 10.6 Å². The summed E-state index contributed by atoms with van der Waals surface area (Å²) in [5, 5.41) is 5.48. The maximum Gasteiger partial charge on any atom is 0.338 e. The third-order valence-electron chi connectivity index (χ3n) is 4.00. The number of allylic oxidation sites excluding steroid dienone is 1. The topological polar surface area (TPSA) is 76.7 Å². The van der Waals surface area contributed by atoms with Gasteiger partial charge in [-0.3, -0.25) is 0 Å². The van der Waals surface area contributed by atoms with Gasteiger partial charge < -0.3 is 20.1 Å². The van der Waals surface area contributed by atoms with Crippen LogP contribution in [0.5, 0.6) is 5.75 Å². The van der Waals surface area contributed by atoms with E-state index in [0.29, 0.717) is 30.2 Å². The Bertz CT molecular complexity index is 675. The first kappa shape index (κ1) is 20.2. The van der Waals surface area contributed by atoms with Gasteiger partial charge in [-0.15, -0.1) is 0 Å². The average Bonchev–Trinajstić information content (AvgIpc) is 2.62. The Morgan fingerprint density at radius 2 is 2.04 bits per heavy atom. The molecule has 1 aliphatic heterocycles. The number of carbonyl (C=O) groups excluding carboxylic acids is 2. The van der Waals surface area contributed by atoms with Crippen molar-refractivity contribution >= 4 is 23.8 Å². The number of ether oxygens (including phenoxy) is 2. The van der Waals surface area contributed by atoms with Crippen LogP contribution in [0, 0.1) is 0 Å². The summed E-state index contributed by atoms with van der Waals surface area (Å²) in [6, 6.07) is 6.49. The maximum absolute atomic E-state index is 12.6. The number of para-hydroxylation sites is 1. The molecule has 2 rings (SSSR count). The van der Waals surface area contributed by atoms with Gasteiger partial charge in [-0.05, 0) is 25.7 Å². The highest BCUT2D eigenvalue weighted by Crippen LogP contribution is 2.33. The van der Waals surface area contributed by atoms with E-state index >= 15 is 0 Å². The number of nitrogens with one attached hydrogen (secondary N) is 2. The molecule has 0 fully saturated rings. The fraction of sp³-hybridized carbons (Fsp3) is 0.474. The largest absolute Gasteiger partial charge is 0.493 e. The number of benzene rings is 1. The molecule has 26 heavy (non-hydrogen) atoms. The van der Waals surface area contributed by atoms with E-state index < -0.39 is 12.0 Å². The molecule has 1 aliphatic rings. The van der Waals surface area contributed by atoms with Crippen LogP contribution in [0.25, 0.3) is 0 Å². The summed E-state index contributed by atoms with van der Waals surface area (Å²) >= 11 is 1.60. The summed E-state index contributed by atoms with van der Waals surface area (Å²) in [7, 11) is 0. The lowest BCUT2D eigenvalue weighted by Crippen LogP contribution is -2.45. The fourth-order valence-corrected chi connectivity index (χ4v) is 2.92. The number of unbranched alkanes of at least 4 members (excludes halogenated alkanes) is 1. The number of hydrogen-bond donors (Lipinski definition) is 2. The van der Waals surface area contributed by atoms with Crippen LogP contribution >= 0.6 is 11.8 Å². The minimum Gasteiger partial charge on any atom is -0.493 e. The normalized spacial score (nSPS) is 16.7. The number of rotatable bonds is 9. The van der Waals surface area contributed by atoms with Crippen LogP contribution in [0.2, 0.25) is 0 Å². The Hall–Kier alpha value is -2.15. The molecule has 6 nitrogen and oxygen atoms in total. The summed E-state index contributed by atoms with van der Waals surface area (Å²) in [5.74, 6) is 0.951. The number of urea groups is 1. The average molecular weight is 378 g/mol. The second-order valence-corrected chi connectivity index (χ2v) is 6.92. The number of hydrogen-bond acceptors (Lipinski definition) is 5. The van der Waals surface area contributed by atoms with E-state index in [-0.39, 0.29) is 6.03 Å². The molecule has 0 aliphatic carbocycles. The summed E-state index contributed by atoms with van der Waals surface area (Å²) in [6.45, 7) is 4.71. The van der Waals surface area contributed by atoms with Crippen LogP contribution in [0.4, 0.5) is 4.79 Å². The Balaban J connectivity index is 2.31. The van der Waals surface area contributed by atoms with Gasteiger partial charge in [0.15, 0.2) is 0 Å². The van der Waals surface area contributed by atoms with Crippen LogP contribution in [0.1, 0.15) is 38.3 Å². The first-order chi connectivity index (χ1) is 12.6. The Morgan fingerprint density at radius 3 is 2.77 bits per heavy atom. The number of carbonyl (C=O) groups is 2. The molecule has 1 aromatic rings. The van der Waals surface area contributed by atoms with Crippen molar-refractivity contribution in [3.8, 4) is 5.75 Å². The smallest absolute Gasteiger partial charge is 0.338 e. The van der Waals surface area contributed by atoms with Gasteiger partial charge in [0, 0.05) is 17.0 Å². The predicted molar refractivity (Wildman–Crippen MR) is 103 cm³/mol. The lowest BCUT2D eigenvalue weighted by atomic mass is 9.95. The van der Waals surface area contributed by atoms with Gasteiger partial charge in [-0.1, -0.05) is 31.5 Å². The van der Waals surface area contributed by atoms with Gasteiger partial charge in [-0.2, -0.15) is 11.8 Å². The van der Waals surface area contributed by atoms with Gasteiger partial charge >= 0.3 is 12.0 Å². The van der Waals surface area contributed by atoms with Crippen molar-refractivity contribution in [3.05, 3.63) is 41.1 Å². The van der Waals surface area contributed by atoms with E-state index in [4.69, 9.17) is 9.47 Å². The first-order valence-electron chi connectivity index (χ1n) is 8.74. The van der Waals surface area contributed by atoms with Crippen LogP contribution in [-0.2, 0) is 9.53 Å². The molecule has 0 saturated carbocycles. The van der Waals surface area contributed by atoms with Crippen molar-refractivity contribution in [2.45, 2.75) is 32.7 Å². The highest BCUT2D eigenvalue weighted by molar-refractivity contribution is 7.98. The third kappa shape index (κ3) is 5.17. The molecule has 0 bridgehead atoms. The van der Waals surface area contributed by atoms with Crippen LogP contribution in [0.15, 0.2) is 35.5 Å². The molecular weight excluding hydrogens is 352 g/mol. The van der Waals surface area contributed by atoms with E-state index in [1.807, 2.05) is 30.5 Å². The number of thioether (sulfide) groups is 1. The van der Waals surface area contributed by atoms with E-state index in [1.165, 1.54) is 0 Å². The molecule has 0 aromatic heterocycles. The monoisotopic (exact) mass is 378 g/mol. The molecule has 1 aromatic carbocycles. The zero-order valence-electron chi connectivity index (χ0n) is 15.5. The van der Waals surface area contributed by atoms with E-state index in [2.05, 4.69) is 17.6 Å². The molecule has 142 valence electrons. The minimum absolute atomic E-state index is 0.325. The zero-order valence-corrected chi connectivity index (χ0v) is 16.3. The molecule has 0 spiro atoms. The second kappa shape index (κ2) is 10.1. The standard InChI is InChI=1S/C19H26N2O4S/c1-4-5-10-24-15-9-7-6-8-14(15)17-16(13(2)20-19(23)21-17)18(22)25-11-12-26-3/h6-9,17H,4-5,10-12H2,1-3H3,(H2,20,21,23)/t17-/m1/s1. The van der Waals surface area contributed by atoms with Gasteiger partial charge in [0.2, 0.25) is 0 Å². The Morgan fingerprint density at radius 1 is 1.27 bits per heavy atom. The first-order valence-corrected chi connectivity index (χ1v) is 10.1. The molecule has 7 heteroatoms. The summed E-state index contributed by atoms with van der Waals surface area (Å²) in [4.78, 5) is 24.6. The van der Waals surface area contributed by atoms with Gasteiger partial charge in [-0.25, -0.2) is 9.59 Å². The highest BCUT2D eigenvalue weighted by Gasteiger charge is 2.33. The molecule has 0 saturated heterocycles. The molecule has 1 heterocycles. The predicted octanol–water partition coefficient (Wildman–Crippen LogP) is 3.40. The maximum atomic E-state index is 12.6. The van der Waals surface area contributed by atoms with Crippen molar-refractivity contribution in [3.63, 3.8) is 0 Å². The summed E-state index contributed by atoms with van der Waals surface area (Å²) in [5.41, 5.74) is 1.64. The lowest BCUT2D eigenvalue weighted by molar-refractivity contribution is -0.138. The van der Waals surface area contributed by atoms with Crippen molar-refractivity contribution < 1.29 is 19.1 Å². The zero-order chi connectivity index (χ0) is 18.9. The molecule has 2 amide bonds. The summed E-state index contributed by atoms with van der Waals surface area (Å²) < 4.78 is 11.2. The van der Waals surface area contributed by atoms with Crippen LogP contribution in [0.3, 0.4) is 0 Å². The Kier molecular flexibility index (Phi) is 7.84.